The topological polar surface area (TPSA) is 212 Å². The minimum absolute atomic E-state index is 0.00345. The Labute approximate surface area is 312 Å². The zero-order chi connectivity index (χ0) is 40.6. The third kappa shape index (κ3) is 8.54. The van der Waals surface area contributed by atoms with E-state index >= 15 is 0 Å². The first kappa shape index (κ1) is 39.7. The standard InChI is InChI=1S/C20H13NO6.C10H11NO4.C10H4O3/c1-4-11-5-6-15-16(7-11)18(23)21(17(15)22)14-9-12(19(24)26-2)8-13(10-14)20(25)27-3;1-14-9(12)6-3-7(10(13)15-2)5-8(11)4-6;1-2-6-3-4-7-8(5-6)10(12)13-9(7)11/h1,5-10H,2-3H3;3-5H,11H2,1-2H3;1,3-5H. The molecule has 2 heterocycles. The van der Waals surface area contributed by atoms with E-state index in [9.17, 15) is 38.4 Å². The fourth-order valence-corrected chi connectivity index (χ4v) is 5.07. The first-order valence-electron chi connectivity index (χ1n) is 15.5. The van der Waals surface area contributed by atoms with Crippen LogP contribution in [-0.4, -0.2) is 76.1 Å². The van der Waals surface area contributed by atoms with Crippen molar-refractivity contribution in [2.75, 3.05) is 39.1 Å². The van der Waals surface area contributed by atoms with Crippen LogP contribution in [0.3, 0.4) is 0 Å². The molecule has 2 aliphatic rings. The average Bonchev–Trinajstić information content (AvgIpc) is 3.64. The zero-order valence-electron chi connectivity index (χ0n) is 29.4. The van der Waals surface area contributed by atoms with E-state index in [2.05, 4.69) is 35.5 Å². The summed E-state index contributed by atoms with van der Waals surface area (Å²) in [6, 6.07) is 17.1. The van der Waals surface area contributed by atoms with E-state index in [0.717, 1.165) is 4.90 Å². The second-order valence-corrected chi connectivity index (χ2v) is 11.0. The molecule has 15 heteroatoms. The van der Waals surface area contributed by atoms with Crippen LogP contribution in [-0.2, 0) is 23.7 Å². The molecule has 2 N–H and O–H groups in total. The lowest BCUT2D eigenvalue weighted by molar-refractivity contribution is 0.0439. The Bertz CT molecular complexity index is 2330. The normalized spacial score (nSPS) is 11.9. The molecule has 0 spiro atoms. The first-order chi connectivity index (χ1) is 26.2. The quantitative estimate of drug-likeness (QED) is 0.0768. The Morgan fingerprint density at radius 3 is 1.36 bits per heavy atom. The van der Waals surface area contributed by atoms with Crippen molar-refractivity contribution in [3.05, 3.63) is 128 Å². The number of cyclic esters (lactones) is 2. The number of carbonyl (C=O) groups excluding carboxylic acids is 8. The van der Waals surface area contributed by atoms with Gasteiger partial charge in [0.25, 0.3) is 11.8 Å². The predicted octanol–water partition coefficient (Wildman–Crippen LogP) is 3.86. The average molecular weight is 745 g/mol. The fraction of sp³-hybridized carbons (Fsp3) is 0.100. The molecule has 6 rings (SSSR count). The van der Waals surface area contributed by atoms with E-state index in [4.69, 9.17) is 18.6 Å². The van der Waals surface area contributed by atoms with Crippen LogP contribution in [0.4, 0.5) is 11.4 Å². The van der Waals surface area contributed by atoms with Crippen LogP contribution in [0, 0.1) is 24.7 Å². The third-order valence-electron chi connectivity index (χ3n) is 7.68. The lowest BCUT2D eigenvalue weighted by Gasteiger charge is -2.16. The molecule has 0 aliphatic carbocycles. The minimum Gasteiger partial charge on any atom is -0.465 e. The number of terminal acetylenes is 2. The molecule has 0 saturated heterocycles. The molecular formula is C40H28N2O13. The number of carbonyl (C=O) groups is 8. The van der Waals surface area contributed by atoms with Crippen molar-refractivity contribution in [1.82, 2.24) is 0 Å². The van der Waals surface area contributed by atoms with Crippen LogP contribution in [0.1, 0.15) is 94.0 Å². The Morgan fingerprint density at radius 1 is 0.545 bits per heavy atom. The number of imide groups is 1. The Balaban J connectivity index is 0.000000202. The van der Waals surface area contributed by atoms with Crippen LogP contribution in [0.2, 0.25) is 0 Å². The molecule has 2 amide bonds. The van der Waals surface area contributed by atoms with Crippen molar-refractivity contribution in [3.8, 4) is 24.7 Å². The van der Waals surface area contributed by atoms with Gasteiger partial charge in [0.05, 0.1) is 78.6 Å². The summed E-state index contributed by atoms with van der Waals surface area (Å²) in [7, 11) is 4.86. The summed E-state index contributed by atoms with van der Waals surface area (Å²) in [5.41, 5.74) is 8.19. The molecular weight excluding hydrogens is 716 g/mol. The summed E-state index contributed by atoms with van der Waals surface area (Å²) >= 11 is 0. The van der Waals surface area contributed by atoms with Crippen molar-refractivity contribution in [3.63, 3.8) is 0 Å². The van der Waals surface area contributed by atoms with E-state index in [1.807, 2.05) is 0 Å². The minimum atomic E-state index is -0.728. The molecule has 0 radical (unpaired) electrons. The van der Waals surface area contributed by atoms with Crippen LogP contribution in [0.15, 0.2) is 72.8 Å². The van der Waals surface area contributed by atoms with E-state index in [-0.39, 0.29) is 50.2 Å². The maximum absolute atomic E-state index is 12.8. The summed E-state index contributed by atoms with van der Waals surface area (Å²) in [5, 5.41) is 0. The van der Waals surface area contributed by atoms with Gasteiger partial charge in [-0.05, 0) is 72.8 Å². The second-order valence-electron chi connectivity index (χ2n) is 11.0. The summed E-state index contributed by atoms with van der Waals surface area (Å²) in [6.45, 7) is 0. The zero-order valence-corrected chi connectivity index (χ0v) is 29.4. The fourth-order valence-electron chi connectivity index (χ4n) is 5.07. The number of ether oxygens (including phenoxy) is 5. The largest absolute Gasteiger partial charge is 0.465 e. The highest BCUT2D eigenvalue weighted by Crippen LogP contribution is 2.31. The number of methoxy groups -OCH3 is 4. The molecule has 55 heavy (non-hydrogen) atoms. The van der Waals surface area contributed by atoms with Gasteiger partial charge in [0.15, 0.2) is 0 Å². The molecule has 2 aliphatic heterocycles. The number of anilines is 2. The number of benzene rings is 4. The van der Waals surface area contributed by atoms with Crippen molar-refractivity contribution >= 4 is 59.0 Å². The van der Waals surface area contributed by atoms with Gasteiger partial charge in [-0.2, -0.15) is 0 Å². The number of hydrogen-bond acceptors (Lipinski definition) is 14. The summed E-state index contributed by atoms with van der Waals surface area (Å²) in [6.07, 6.45) is 10.5. The maximum Gasteiger partial charge on any atom is 0.346 e. The van der Waals surface area contributed by atoms with Gasteiger partial charge in [-0.3, -0.25) is 9.59 Å². The smallest absolute Gasteiger partial charge is 0.346 e. The Morgan fingerprint density at radius 2 is 0.927 bits per heavy atom. The number of hydrogen-bond donors (Lipinski definition) is 1. The maximum atomic E-state index is 12.8. The molecule has 0 unspecified atom stereocenters. The molecule has 15 nitrogen and oxygen atoms in total. The lowest BCUT2D eigenvalue weighted by Crippen LogP contribution is -2.30. The van der Waals surface area contributed by atoms with E-state index < -0.39 is 47.6 Å². The number of esters is 6. The van der Waals surface area contributed by atoms with Gasteiger partial charge in [0.1, 0.15) is 0 Å². The van der Waals surface area contributed by atoms with E-state index in [0.29, 0.717) is 16.8 Å². The highest BCUT2D eigenvalue weighted by Gasteiger charge is 2.37. The van der Waals surface area contributed by atoms with Gasteiger partial charge >= 0.3 is 35.8 Å². The molecule has 4 aromatic rings. The van der Waals surface area contributed by atoms with E-state index in [1.54, 1.807) is 12.1 Å². The molecule has 0 atom stereocenters. The van der Waals surface area contributed by atoms with Gasteiger partial charge in [-0.25, -0.2) is 33.7 Å². The van der Waals surface area contributed by atoms with Gasteiger partial charge in [-0.1, -0.05) is 11.8 Å². The lowest BCUT2D eigenvalue weighted by atomic mass is 10.1. The number of rotatable bonds is 5. The Kier molecular flexibility index (Phi) is 12.3. The molecule has 0 aromatic heterocycles. The second kappa shape index (κ2) is 17.0. The van der Waals surface area contributed by atoms with Gasteiger partial charge in [0.2, 0.25) is 0 Å². The number of nitrogens with two attached hydrogens (primary N) is 1. The van der Waals surface area contributed by atoms with Crippen molar-refractivity contribution < 1.29 is 62.0 Å². The number of nitrogen functional groups attached to an aromatic ring is 1. The molecule has 0 fully saturated rings. The molecule has 4 aromatic carbocycles. The molecule has 0 bridgehead atoms. The number of nitrogens with zero attached hydrogens (tertiary/aromatic N) is 1. The van der Waals surface area contributed by atoms with Crippen LogP contribution < -0.4 is 10.6 Å². The highest BCUT2D eigenvalue weighted by molar-refractivity contribution is 6.34. The van der Waals surface area contributed by atoms with Crippen LogP contribution in [0.25, 0.3) is 0 Å². The van der Waals surface area contributed by atoms with Crippen LogP contribution in [0.5, 0.6) is 0 Å². The van der Waals surface area contributed by atoms with Gasteiger partial charge < -0.3 is 29.4 Å². The monoisotopic (exact) mass is 744 g/mol. The van der Waals surface area contributed by atoms with Crippen molar-refractivity contribution in [2.24, 2.45) is 0 Å². The molecule has 0 saturated carbocycles. The summed E-state index contributed by atoms with van der Waals surface area (Å²) in [4.78, 5) is 94.6. The number of amides is 2. The molecule has 276 valence electrons. The van der Waals surface area contributed by atoms with E-state index in [1.165, 1.54) is 89.1 Å². The van der Waals surface area contributed by atoms with Crippen molar-refractivity contribution in [2.45, 2.75) is 0 Å². The van der Waals surface area contributed by atoms with Crippen molar-refractivity contribution in [1.29, 1.82) is 0 Å². The van der Waals surface area contributed by atoms with Crippen LogP contribution >= 0.6 is 0 Å². The third-order valence-corrected chi connectivity index (χ3v) is 7.68. The first-order valence-corrected chi connectivity index (χ1v) is 15.5. The number of fused-ring (bicyclic) bond motifs is 2. The highest BCUT2D eigenvalue weighted by atomic mass is 16.6. The predicted molar refractivity (Wildman–Crippen MR) is 192 cm³/mol. The SMILES string of the molecule is C#Cc1ccc2c(c1)C(=O)N(c1cc(C(=O)OC)cc(C(=O)OC)c1)C2=O.C#Cc1ccc2c(c1)C(=O)OC2=O.COC(=O)c1cc(N)cc(C(=O)OC)c1. The Hall–Kier alpha value is -8.04. The summed E-state index contributed by atoms with van der Waals surface area (Å²) in [5.74, 6) is -0.204. The van der Waals surface area contributed by atoms with Gasteiger partial charge in [-0.15, -0.1) is 12.8 Å². The summed E-state index contributed by atoms with van der Waals surface area (Å²) < 4.78 is 22.7. The van der Waals surface area contributed by atoms with Gasteiger partial charge in [0, 0.05) is 16.8 Å².